The molecule has 21 heavy (non-hydrogen) atoms. The summed E-state index contributed by atoms with van der Waals surface area (Å²) in [6.45, 7) is 11.1. The number of rotatable bonds is 2. The lowest BCUT2D eigenvalue weighted by atomic mass is 9.77. The van der Waals surface area contributed by atoms with E-state index in [-0.39, 0.29) is 29.2 Å². The Labute approximate surface area is 128 Å². The molecular weight excluding hydrogens is 264 g/mol. The molecule has 1 saturated carbocycles. The average Bonchev–Trinajstić information content (AvgIpc) is 2.34. The highest BCUT2D eigenvalue weighted by atomic mass is 16.2. The van der Waals surface area contributed by atoms with Crippen LogP contribution in [0, 0.1) is 11.3 Å². The zero-order valence-electron chi connectivity index (χ0n) is 14.2. The van der Waals surface area contributed by atoms with Crippen molar-refractivity contribution in [2.75, 3.05) is 6.54 Å². The molecule has 120 valence electrons. The van der Waals surface area contributed by atoms with Crippen LogP contribution in [0.25, 0.3) is 0 Å². The van der Waals surface area contributed by atoms with E-state index in [9.17, 15) is 9.59 Å². The number of hydrogen-bond donors (Lipinski definition) is 1. The third-order valence-corrected chi connectivity index (χ3v) is 4.62. The molecule has 2 fully saturated rings. The van der Waals surface area contributed by atoms with Crippen LogP contribution in [0.3, 0.4) is 0 Å². The van der Waals surface area contributed by atoms with Crippen molar-refractivity contribution in [2.45, 2.75) is 78.3 Å². The van der Waals surface area contributed by atoms with Crippen molar-refractivity contribution in [1.82, 2.24) is 10.2 Å². The number of nitrogens with zero attached hydrogens (tertiary/aromatic N) is 1. The largest absolute Gasteiger partial charge is 0.340 e. The van der Waals surface area contributed by atoms with Gasteiger partial charge >= 0.3 is 0 Å². The first-order valence-corrected chi connectivity index (χ1v) is 8.29. The molecule has 0 aromatic carbocycles. The van der Waals surface area contributed by atoms with Crippen LogP contribution in [-0.4, -0.2) is 34.8 Å². The van der Waals surface area contributed by atoms with Gasteiger partial charge in [0.1, 0.15) is 11.6 Å². The van der Waals surface area contributed by atoms with Gasteiger partial charge in [-0.1, -0.05) is 53.9 Å². The predicted molar refractivity (Wildman–Crippen MR) is 83.8 cm³/mol. The van der Waals surface area contributed by atoms with Crippen LogP contribution < -0.4 is 5.32 Å². The van der Waals surface area contributed by atoms with Gasteiger partial charge in [-0.3, -0.25) is 9.59 Å². The molecule has 4 nitrogen and oxygen atoms in total. The number of amides is 2. The molecular formula is C17H30N2O2. The minimum atomic E-state index is -0.619. The molecule has 1 aliphatic carbocycles. The second-order valence-electron chi connectivity index (χ2n) is 8.31. The molecule has 2 aliphatic rings. The first-order valence-electron chi connectivity index (χ1n) is 8.29. The van der Waals surface area contributed by atoms with Crippen LogP contribution in [0.15, 0.2) is 0 Å². The lowest BCUT2D eigenvalue weighted by molar-refractivity contribution is -0.160. The van der Waals surface area contributed by atoms with Crippen molar-refractivity contribution in [3.8, 4) is 0 Å². The summed E-state index contributed by atoms with van der Waals surface area (Å²) < 4.78 is 0. The summed E-state index contributed by atoms with van der Waals surface area (Å²) in [6.07, 6.45) is 4.81. The van der Waals surface area contributed by atoms with Gasteiger partial charge in [0, 0.05) is 6.54 Å². The minimum absolute atomic E-state index is 0.00369. The van der Waals surface area contributed by atoms with Crippen LogP contribution in [0.2, 0.25) is 0 Å². The Hall–Kier alpha value is -1.06. The van der Waals surface area contributed by atoms with Gasteiger partial charge in [0.2, 0.25) is 11.8 Å². The van der Waals surface area contributed by atoms with E-state index in [1.807, 2.05) is 18.7 Å². The molecule has 1 unspecified atom stereocenters. The van der Waals surface area contributed by atoms with Crippen molar-refractivity contribution in [3.05, 3.63) is 0 Å². The monoisotopic (exact) mass is 294 g/mol. The Bertz CT molecular complexity index is 417. The van der Waals surface area contributed by atoms with Crippen LogP contribution in [-0.2, 0) is 9.59 Å². The third-order valence-electron chi connectivity index (χ3n) is 4.62. The Morgan fingerprint density at radius 1 is 1.19 bits per heavy atom. The fraction of sp³-hybridized carbons (Fsp3) is 0.882. The summed E-state index contributed by atoms with van der Waals surface area (Å²) in [4.78, 5) is 27.7. The summed E-state index contributed by atoms with van der Waals surface area (Å²) in [5.74, 6) is 0.323. The fourth-order valence-electron chi connectivity index (χ4n) is 3.74. The first-order chi connectivity index (χ1) is 9.66. The maximum absolute atomic E-state index is 13.2. The summed E-state index contributed by atoms with van der Waals surface area (Å²) in [5.41, 5.74) is -0.623. The van der Waals surface area contributed by atoms with Gasteiger partial charge in [0.15, 0.2) is 0 Å². The second-order valence-corrected chi connectivity index (χ2v) is 8.31. The molecule has 2 amide bonds. The number of hydrogen-bond acceptors (Lipinski definition) is 2. The molecule has 1 heterocycles. The molecule has 2 rings (SSSR count). The van der Waals surface area contributed by atoms with Gasteiger partial charge in [0.25, 0.3) is 0 Å². The Morgan fingerprint density at radius 3 is 2.24 bits per heavy atom. The van der Waals surface area contributed by atoms with Crippen molar-refractivity contribution in [1.29, 1.82) is 0 Å². The van der Waals surface area contributed by atoms with Gasteiger partial charge in [-0.25, -0.2) is 0 Å². The maximum atomic E-state index is 13.2. The minimum Gasteiger partial charge on any atom is -0.340 e. The standard InChI is InChI=1S/C17H30N2O2/c1-12(2)13-14(20)18-17(9-7-6-8-10-17)15(21)19(13)11-16(3,4)5/h12-13H,6-11H2,1-5H3,(H,18,20). The Balaban J connectivity index is 2.33. The third kappa shape index (κ3) is 3.24. The quantitative estimate of drug-likeness (QED) is 0.851. The van der Waals surface area contributed by atoms with Gasteiger partial charge in [-0.15, -0.1) is 0 Å². The van der Waals surface area contributed by atoms with E-state index in [4.69, 9.17) is 0 Å². The summed E-state index contributed by atoms with van der Waals surface area (Å²) in [5, 5.41) is 3.10. The lowest BCUT2D eigenvalue weighted by Crippen LogP contribution is -2.72. The van der Waals surface area contributed by atoms with E-state index in [1.54, 1.807) is 0 Å². The smallest absolute Gasteiger partial charge is 0.249 e. The molecule has 0 aromatic heterocycles. The summed E-state index contributed by atoms with van der Waals surface area (Å²) >= 11 is 0. The van der Waals surface area contributed by atoms with Crippen molar-refractivity contribution < 1.29 is 9.59 Å². The molecule has 1 atom stereocenters. The Morgan fingerprint density at radius 2 is 1.76 bits per heavy atom. The van der Waals surface area contributed by atoms with Crippen molar-refractivity contribution in [2.24, 2.45) is 11.3 Å². The van der Waals surface area contributed by atoms with Gasteiger partial charge in [-0.2, -0.15) is 0 Å². The molecule has 4 heteroatoms. The summed E-state index contributed by atoms with van der Waals surface area (Å²) in [7, 11) is 0. The maximum Gasteiger partial charge on any atom is 0.249 e. The lowest BCUT2D eigenvalue weighted by Gasteiger charge is -2.50. The number of nitrogens with one attached hydrogen (secondary N) is 1. The van der Waals surface area contributed by atoms with E-state index in [2.05, 4.69) is 26.1 Å². The van der Waals surface area contributed by atoms with Gasteiger partial charge < -0.3 is 10.2 Å². The predicted octanol–water partition coefficient (Wildman–Crippen LogP) is 2.72. The molecule has 1 saturated heterocycles. The highest BCUT2D eigenvalue weighted by Gasteiger charge is 2.52. The van der Waals surface area contributed by atoms with Crippen molar-refractivity contribution in [3.63, 3.8) is 0 Å². The zero-order chi connectivity index (χ0) is 15.8. The Kier molecular flexibility index (Phi) is 4.36. The second kappa shape index (κ2) is 5.62. The van der Waals surface area contributed by atoms with E-state index in [1.165, 1.54) is 0 Å². The van der Waals surface area contributed by atoms with Gasteiger partial charge in [0.05, 0.1) is 0 Å². The van der Waals surface area contributed by atoms with E-state index in [0.717, 1.165) is 32.1 Å². The van der Waals surface area contributed by atoms with Crippen LogP contribution >= 0.6 is 0 Å². The van der Waals surface area contributed by atoms with Crippen molar-refractivity contribution >= 4 is 11.8 Å². The van der Waals surface area contributed by atoms with Crippen LogP contribution in [0.5, 0.6) is 0 Å². The molecule has 1 spiro atoms. The number of carbonyl (C=O) groups excluding carboxylic acids is 2. The molecule has 0 radical (unpaired) electrons. The molecule has 1 N–H and O–H groups in total. The topological polar surface area (TPSA) is 49.4 Å². The highest BCUT2D eigenvalue weighted by molar-refractivity contribution is 6.00. The van der Waals surface area contributed by atoms with Crippen LogP contribution in [0.4, 0.5) is 0 Å². The average molecular weight is 294 g/mol. The first kappa shape index (κ1) is 16.3. The summed E-state index contributed by atoms with van der Waals surface area (Å²) in [6, 6.07) is -0.329. The molecule has 0 bridgehead atoms. The number of piperazine rings is 1. The fourth-order valence-corrected chi connectivity index (χ4v) is 3.74. The number of carbonyl (C=O) groups is 2. The highest BCUT2D eigenvalue weighted by Crippen LogP contribution is 2.35. The van der Waals surface area contributed by atoms with E-state index >= 15 is 0 Å². The SMILES string of the molecule is CC(C)C1C(=O)NC2(CCCCC2)C(=O)N1CC(C)(C)C. The van der Waals surface area contributed by atoms with E-state index in [0.29, 0.717) is 6.54 Å². The molecule has 1 aliphatic heterocycles. The normalized spacial score (nSPS) is 26.4. The zero-order valence-corrected chi connectivity index (χ0v) is 14.2. The van der Waals surface area contributed by atoms with E-state index < -0.39 is 5.54 Å². The van der Waals surface area contributed by atoms with Crippen LogP contribution in [0.1, 0.15) is 66.7 Å². The molecule has 0 aromatic rings. The van der Waals surface area contributed by atoms with Gasteiger partial charge in [-0.05, 0) is 24.2 Å².